The Kier molecular flexibility index (Phi) is 13.2. The van der Waals surface area contributed by atoms with Gasteiger partial charge in [0.25, 0.3) is 0 Å². The van der Waals surface area contributed by atoms with Crippen LogP contribution >= 0.6 is 0 Å². The average molecular weight is 686 g/mol. The summed E-state index contributed by atoms with van der Waals surface area (Å²) in [5.41, 5.74) is 20.8. The maximum absolute atomic E-state index is 6.26. The minimum Gasteiger partial charge on any atom is -0.382 e. The normalized spacial score (nSPS) is 17.3. The Morgan fingerprint density at radius 1 is 0.627 bits per heavy atom. The maximum Gasteiger partial charge on any atom is 0.144 e. The third-order valence-corrected chi connectivity index (χ3v) is 9.93. The van der Waals surface area contributed by atoms with Gasteiger partial charge in [-0.15, -0.1) is 5.11 Å². The molecule has 11 heteroatoms. The van der Waals surface area contributed by atoms with Crippen molar-refractivity contribution in [3.05, 3.63) is 120 Å². The summed E-state index contributed by atoms with van der Waals surface area (Å²) in [6.45, 7) is 8.01. The van der Waals surface area contributed by atoms with Crippen LogP contribution in [0.2, 0.25) is 0 Å². The number of piperidine rings is 2. The highest BCUT2D eigenvalue weighted by Crippen LogP contribution is 2.23. The molecule has 0 saturated carbocycles. The summed E-state index contributed by atoms with van der Waals surface area (Å²) in [4.78, 5) is 23.2. The summed E-state index contributed by atoms with van der Waals surface area (Å²) >= 11 is 0. The second-order valence-electron chi connectivity index (χ2n) is 13.7. The van der Waals surface area contributed by atoms with Crippen molar-refractivity contribution < 1.29 is 0 Å². The lowest BCUT2D eigenvalue weighted by Gasteiger charge is -2.31. The molecular weight excluding hydrogens is 635 g/mol. The molecule has 0 aliphatic carbocycles. The highest BCUT2D eigenvalue weighted by molar-refractivity contribution is 5.96. The summed E-state index contributed by atoms with van der Waals surface area (Å²) < 4.78 is 0. The van der Waals surface area contributed by atoms with Gasteiger partial charge in [-0.2, -0.15) is 0 Å². The number of likely N-dealkylation sites (tertiary alicyclic amines) is 2. The Labute approximate surface area is 302 Å². The topological polar surface area (TPSA) is 146 Å². The van der Waals surface area contributed by atoms with Crippen LogP contribution in [0.3, 0.4) is 0 Å². The van der Waals surface area contributed by atoms with Crippen LogP contribution in [0.1, 0.15) is 61.0 Å². The van der Waals surface area contributed by atoms with Crippen molar-refractivity contribution in [3.63, 3.8) is 0 Å². The van der Waals surface area contributed by atoms with Crippen LogP contribution in [0.5, 0.6) is 0 Å². The van der Waals surface area contributed by atoms with Gasteiger partial charge in [0.2, 0.25) is 0 Å². The lowest BCUT2D eigenvalue weighted by Crippen LogP contribution is -2.33. The number of benzene rings is 2. The predicted octanol–water partition coefficient (Wildman–Crippen LogP) is 6.60. The molecule has 2 aromatic heterocycles. The van der Waals surface area contributed by atoms with Gasteiger partial charge in [-0.3, -0.25) is 35.2 Å². The molecule has 4 heterocycles. The molecule has 0 amide bonds. The van der Waals surface area contributed by atoms with Crippen molar-refractivity contribution in [3.8, 4) is 0 Å². The molecule has 2 aliphatic rings. The molecule has 266 valence electrons. The number of nitrogens with two attached hydrogens (primary N) is 2. The number of nitrogens with zero attached hydrogens (tertiary/aromatic N) is 8. The van der Waals surface area contributed by atoms with Gasteiger partial charge in [-0.25, -0.2) is 0 Å². The number of rotatable bonds is 15. The van der Waals surface area contributed by atoms with Gasteiger partial charge in [0.15, 0.2) is 0 Å². The van der Waals surface area contributed by atoms with E-state index >= 15 is 0 Å². The second kappa shape index (κ2) is 18.8. The number of aliphatic imine (C=N–C) groups is 2. The zero-order valence-corrected chi connectivity index (χ0v) is 29.5. The molecule has 6 rings (SSSR count). The Morgan fingerprint density at radius 3 is 1.57 bits per heavy atom. The van der Waals surface area contributed by atoms with E-state index in [1.54, 1.807) is 12.4 Å². The van der Waals surface area contributed by atoms with E-state index in [9.17, 15) is 0 Å². The quantitative estimate of drug-likeness (QED) is 0.0553. The first-order valence-corrected chi connectivity index (χ1v) is 18.3. The Bertz CT molecular complexity index is 1690. The molecule has 2 saturated heterocycles. The zero-order valence-electron chi connectivity index (χ0n) is 29.5. The smallest absolute Gasteiger partial charge is 0.144 e. The first-order chi connectivity index (χ1) is 25.1. The lowest BCUT2D eigenvalue weighted by molar-refractivity contribution is 0.173. The van der Waals surface area contributed by atoms with Gasteiger partial charge in [0.05, 0.1) is 18.1 Å². The Balaban J connectivity index is 0.864. The minimum absolute atomic E-state index is 0.451. The van der Waals surface area contributed by atoms with Gasteiger partial charge in [0.1, 0.15) is 28.7 Å². The van der Waals surface area contributed by atoms with Gasteiger partial charge in [-0.1, -0.05) is 65.9 Å². The van der Waals surface area contributed by atoms with Crippen LogP contribution in [0, 0.1) is 11.8 Å². The highest BCUT2D eigenvalue weighted by atomic mass is 15.4. The molecule has 2 aromatic carbocycles. The van der Waals surface area contributed by atoms with Gasteiger partial charge < -0.3 is 11.5 Å². The summed E-state index contributed by atoms with van der Waals surface area (Å²) in [6.07, 6.45) is 10.2. The number of hydrogen-bond acceptors (Lipinski definition) is 8. The van der Waals surface area contributed by atoms with Crippen molar-refractivity contribution in [2.45, 2.75) is 51.6 Å². The van der Waals surface area contributed by atoms with E-state index in [1.807, 2.05) is 24.3 Å². The summed E-state index contributed by atoms with van der Waals surface area (Å²) in [5.74, 6) is 2.28. The first kappa shape index (κ1) is 35.8. The third-order valence-electron chi connectivity index (χ3n) is 9.93. The monoisotopic (exact) mass is 685 g/mol. The van der Waals surface area contributed by atoms with Crippen LogP contribution in [0.25, 0.3) is 0 Å². The number of nitrogens with one attached hydrogen (secondary N) is 1. The van der Waals surface area contributed by atoms with Crippen LogP contribution in [0.4, 0.5) is 11.4 Å². The molecule has 2 fully saturated rings. The molecule has 0 radical (unpaired) electrons. The first-order valence-electron chi connectivity index (χ1n) is 18.3. The van der Waals surface area contributed by atoms with E-state index in [0.717, 1.165) is 52.1 Å². The fraction of sp³-hybridized carbons (Fsp3) is 0.400. The standard InChI is InChI=1S/C40H51N11/c41-39(43-21-15-31-17-23-50(24-18-31)29-33-7-3-1-4-8-33)37-13-11-35(27-45-37)47-49-48-36-12-14-38(46-28-36)40(42)44-22-16-32-19-25-51(26-20-32)30-34-9-5-2-6-10-34/h1-14,27-28,31-32H,15-26,29-30H2,(H2,41,43)(H2,42,44)(H,47,48). The molecule has 4 aromatic rings. The Hall–Kier alpha value is -5.00. The van der Waals surface area contributed by atoms with Gasteiger partial charge >= 0.3 is 0 Å². The van der Waals surface area contributed by atoms with E-state index in [4.69, 9.17) is 11.5 Å². The number of pyridine rings is 2. The van der Waals surface area contributed by atoms with Gasteiger partial charge in [-0.05, 0) is 112 Å². The largest absolute Gasteiger partial charge is 0.382 e. The van der Waals surface area contributed by atoms with Crippen molar-refractivity contribution in [1.82, 2.24) is 19.8 Å². The van der Waals surface area contributed by atoms with E-state index < -0.39 is 0 Å². The molecule has 11 nitrogen and oxygen atoms in total. The zero-order chi connectivity index (χ0) is 35.1. The van der Waals surface area contributed by atoms with Crippen LogP contribution in [-0.2, 0) is 13.1 Å². The number of hydrogen-bond donors (Lipinski definition) is 3. The van der Waals surface area contributed by atoms with Crippen LogP contribution in [-0.4, -0.2) is 70.7 Å². The lowest BCUT2D eigenvalue weighted by atomic mass is 9.93. The van der Waals surface area contributed by atoms with Crippen molar-refractivity contribution >= 4 is 23.0 Å². The molecule has 0 unspecified atom stereocenters. The maximum atomic E-state index is 6.26. The predicted molar refractivity (Wildman–Crippen MR) is 206 cm³/mol. The second-order valence-corrected chi connectivity index (χ2v) is 13.7. The number of amidine groups is 2. The Morgan fingerprint density at radius 2 is 1.12 bits per heavy atom. The van der Waals surface area contributed by atoms with E-state index in [0.29, 0.717) is 59.4 Å². The van der Waals surface area contributed by atoms with Crippen LogP contribution < -0.4 is 16.9 Å². The van der Waals surface area contributed by atoms with E-state index in [1.165, 1.54) is 36.8 Å². The van der Waals surface area contributed by atoms with Crippen molar-refractivity contribution in [2.75, 3.05) is 44.7 Å². The van der Waals surface area contributed by atoms with E-state index in [2.05, 4.69) is 106 Å². The highest BCUT2D eigenvalue weighted by Gasteiger charge is 2.20. The molecule has 2 aliphatic heterocycles. The summed E-state index contributed by atoms with van der Waals surface area (Å²) in [7, 11) is 0. The minimum atomic E-state index is 0.451. The fourth-order valence-electron chi connectivity index (χ4n) is 6.80. The molecule has 51 heavy (non-hydrogen) atoms. The van der Waals surface area contributed by atoms with Gasteiger partial charge in [0, 0.05) is 26.2 Å². The number of aromatic nitrogens is 2. The molecule has 5 N–H and O–H groups in total. The summed E-state index contributed by atoms with van der Waals surface area (Å²) in [5, 5.41) is 8.30. The average Bonchev–Trinajstić information content (AvgIpc) is 3.17. The van der Waals surface area contributed by atoms with Crippen LogP contribution in [0.15, 0.2) is 118 Å². The molecule has 0 spiro atoms. The van der Waals surface area contributed by atoms with E-state index in [-0.39, 0.29) is 0 Å². The summed E-state index contributed by atoms with van der Waals surface area (Å²) in [6, 6.07) is 28.7. The number of anilines is 1. The fourth-order valence-corrected chi connectivity index (χ4v) is 6.80. The third kappa shape index (κ3) is 11.5. The van der Waals surface area contributed by atoms with Crippen molar-refractivity contribution in [2.24, 2.45) is 43.6 Å². The molecule has 0 atom stereocenters. The SMILES string of the molecule is NC(=NCCC1CCN(Cc2ccccc2)CC1)c1ccc(N=NNc2ccc(C(N)=NCCC3CCN(Cc4ccccc4)CC3)nc2)cn1. The molecule has 0 bridgehead atoms. The van der Waals surface area contributed by atoms with Crippen molar-refractivity contribution in [1.29, 1.82) is 0 Å². The molecular formula is C40H51N11.